The minimum absolute atomic E-state index is 0.0735. The topological polar surface area (TPSA) is 108 Å². The zero-order valence-corrected chi connectivity index (χ0v) is 10.8. The summed E-state index contributed by atoms with van der Waals surface area (Å²) in [5.74, 6) is -1.30. The lowest BCUT2D eigenvalue weighted by Gasteiger charge is -2.14. The van der Waals surface area contributed by atoms with E-state index in [9.17, 15) is 12.8 Å². The Bertz CT molecular complexity index is 557. The standard InChI is InChI=1S/C10H15FN4O2S/c1-6(2)14-18(16,17)15-8-5-3-4-7(11)9(8)10(12)13/h3-6,14-15H,1-2H3,(H3,12,13). The largest absolute Gasteiger partial charge is 0.384 e. The molecule has 0 aromatic heterocycles. The van der Waals surface area contributed by atoms with Crippen molar-refractivity contribution in [1.29, 1.82) is 5.41 Å². The molecule has 18 heavy (non-hydrogen) atoms. The number of halogens is 1. The number of anilines is 1. The van der Waals surface area contributed by atoms with E-state index in [1.165, 1.54) is 12.1 Å². The molecule has 5 N–H and O–H groups in total. The molecular weight excluding hydrogens is 259 g/mol. The predicted octanol–water partition coefficient (Wildman–Crippen LogP) is 0.764. The van der Waals surface area contributed by atoms with Crippen molar-refractivity contribution < 1.29 is 12.8 Å². The van der Waals surface area contributed by atoms with Crippen LogP contribution in [0.4, 0.5) is 10.1 Å². The maximum atomic E-state index is 13.5. The van der Waals surface area contributed by atoms with Crippen molar-refractivity contribution in [2.75, 3.05) is 4.72 Å². The van der Waals surface area contributed by atoms with Crippen LogP contribution in [0.3, 0.4) is 0 Å². The van der Waals surface area contributed by atoms with Crippen LogP contribution in [0, 0.1) is 11.2 Å². The molecule has 0 aliphatic rings. The lowest BCUT2D eigenvalue weighted by molar-refractivity contribution is 0.575. The number of amidine groups is 1. The summed E-state index contributed by atoms with van der Waals surface area (Å²) >= 11 is 0. The monoisotopic (exact) mass is 274 g/mol. The Morgan fingerprint density at radius 1 is 1.44 bits per heavy atom. The molecule has 0 saturated heterocycles. The number of hydrogen-bond acceptors (Lipinski definition) is 3. The van der Waals surface area contributed by atoms with Gasteiger partial charge in [0.1, 0.15) is 11.7 Å². The van der Waals surface area contributed by atoms with Gasteiger partial charge in [0.05, 0.1) is 11.3 Å². The molecule has 0 radical (unpaired) electrons. The first kappa shape index (κ1) is 14.4. The first-order valence-electron chi connectivity index (χ1n) is 5.16. The van der Waals surface area contributed by atoms with E-state index in [0.717, 1.165) is 6.07 Å². The second-order valence-corrected chi connectivity index (χ2v) is 5.40. The average Bonchev–Trinajstić information content (AvgIpc) is 2.13. The number of nitrogen functional groups attached to an aromatic ring is 1. The van der Waals surface area contributed by atoms with E-state index in [1.54, 1.807) is 13.8 Å². The Balaban J connectivity index is 3.13. The van der Waals surface area contributed by atoms with Crippen LogP contribution in [0.25, 0.3) is 0 Å². The maximum Gasteiger partial charge on any atom is 0.299 e. The summed E-state index contributed by atoms with van der Waals surface area (Å²) in [6, 6.07) is 3.45. The molecule has 0 aliphatic heterocycles. The number of nitrogens with two attached hydrogens (primary N) is 1. The highest BCUT2D eigenvalue weighted by Gasteiger charge is 2.17. The van der Waals surface area contributed by atoms with Gasteiger partial charge in [-0.15, -0.1) is 0 Å². The molecule has 6 nitrogen and oxygen atoms in total. The molecule has 0 unspecified atom stereocenters. The van der Waals surface area contributed by atoms with Crippen LogP contribution in [0.2, 0.25) is 0 Å². The molecule has 0 atom stereocenters. The van der Waals surface area contributed by atoms with Crippen LogP contribution in [-0.4, -0.2) is 20.3 Å². The van der Waals surface area contributed by atoms with Gasteiger partial charge in [0, 0.05) is 6.04 Å². The van der Waals surface area contributed by atoms with Crippen molar-refractivity contribution in [2.45, 2.75) is 19.9 Å². The zero-order valence-electron chi connectivity index (χ0n) is 9.99. The molecule has 0 saturated carbocycles. The number of benzene rings is 1. The Morgan fingerprint density at radius 2 is 2.06 bits per heavy atom. The van der Waals surface area contributed by atoms with Crippen molar-refractivity contribution >= 4 is 21.7 Å². The summed E-state index contributed by atoms with van der Waals surface area (Å²) in [6.07, 6.45) is 0. The van der Waals surface area contributed by atoms with Crippen LogP contribution in [0.5, 0.6) is 0 Å². The van der Waals surface area contributed by atoms with Crippen molar-refractivity contribution in [1.82, 2.24) is 4.72 Å². The molecule has 8 heteroatoms. The Morgan fingerprint density at radius 3 is 2.56 bits per heavy atom. The second kappa shape index (κ2) is 5.32. The molecule has 100 valence electrons. The van der Waals surface area contributed by atoms with Gasteiger partial charge in [0.2, 0.25) is 0 Å². The first-order chi connectivity index (χ1) is 8.23. The fourth-order valence-electron chi connectivity index (χ4n) is 1.37. The van der Waals surface area contributed by atoms with Crippen LogP contribution in [-0.2, 0) is 10.2 Å². The predicted molar refractivity (Wildman–Crippen MR) is 68.2 cm³/mol. The molecule has 0 bridgehead atoms. The van der Waals surface area contributed by atoms with Crippen molar-refractivity contribution in [2.24, 2.45) is 5.73 Å². The molecule has 1 aromatic carbocycles. The molecule has 1 rings (SSSR count). The zero-order chi connectivity index (χ0) is 13.9. The van der Waals surface area contributed by atoms with E-state index in [0.29, 0.717) is 0 Å². The third-order valence-corrected chi connectivity index (χ3v) is 3.19. The van der Waals surface area contributed by atoms with E-state index in [4.69, 9.17) is 11.1 Å². The Hall–Kier alpha value is -1.67. The van der Waals surface area contributed by atoms with E-state index in [1.807, 2.05) is 0 Å². The van der Waals surface area contributed by atoms with E-state index >= 15 is 0 Å². The molecule has 0 aliphatic carbocycles. The number of nitrogens with one attached hydrogen (secondary N) is 3. The number of hydrogen-bond donors (Lipinski definition) is 4. The normalized spacial score (nSPS) is 11.6. The quantitative estimate of drug-likeness (QED) is 0.470. The van der Waals surface area contributed by atoms with Gasteiger partial charge in [0.15, 0.2) is 0 Å². The van der Waals surface area contributed by atoms with E-state index in [-0.39, 0.29) is 17.3 Å². The van der Waals surface area contributed by atoms with Gasteiger partial charge in [-0.25, -0.2) is 4.39 Å². The molecule has 0 fully saturated rings. The van der Waals surface area contributed by atoms with Gasteiger partial charge >= 0.3 is 0 Å². The molecule has 0 amide bonds. The highest BCUT2D eigenvalue weighted by Crippen LogP contribution is 2.19. The first-order valence-corrected chi connectivity index (χ1v) is 6.64. The van der Waals surface area contributed by atoms with Gasteiger partial charge in [-0.05, 0) is 26.0 Å². The minimum Gasteiger partial charge on any atom is -0.384 e. The number of rotatable bonds is 5. The van der Waals surface area contributed by atoms with Crippen LogP contribution in [0.15, 0.2) is 18.2 Å². The summed E-state index contributed by atoms with van der Waals surface area (Å²) < 4.78 is 41.2. The van der Waals surface area contributed by atoms with Gasteiger partial charge < -0.3 is 5.73 Å². The Kier molecular flexibility index (Phi) is 4.25. The highest BCUT2D eigenvalue weighted by molar-refractivity contribution is 7.90. The van der Waals surface area contributed by atoms with Gasteiger partial charge in [-0.3, -0.25) is 10.1 Å². The average molecular weight is 274 g/mol. The summed E-state index contributed by atoms with van der Waals surface area (Å²) in [7, 11) is -3.83. The summed E-state index contributed by atoms with van der Waals surface area (Å²) in [5.41, 5.74) is 4.88. The van der Waals surface area contributed by atoms with Gasteiger partial charge in [0.25, 0.3) is 10.2 Å². The molecule has 1 aromatic rings. The van der Waals surface area contributed by atoms with Crippen molar-refractivity contribution in [3.8, 4) is 0 Å². The SMILES string of the molecule is CC(C)NS(=O)(=O)Nc1cccc(F)c1C(=N)N. The summed E-state index contributed by atoms with van der Waals surface area (Å²) in [4.78, 5) is 0. The van der Waals surface area contributed by atoms with Gasteiger partial charge in [-0.1, -0.05) is 6.07 Å². The van der Waals surface area contributed by atoms with Crippen LogP contribution in [0.1, 0.15) is 19.4 Å². The fourth-order valence-corrected chi connectivity index (χ4v) is 2.51. The second-order valence-electron chi connectivity index (χ2n) is 3.95. The maximum absolute atomic E-state index is 13.5. The highest BCUT2D eigenvalue weighted by atomic mass is 32.2. The lowest BCUT2D eigenvalue weighted by Crippen LogP contribution is -2.35. The third kappa shape index (κ3) is 3.67. The lowest BCUT2D eigenvalue weighted by atomic mass is 10.1. The van der Waals surface area contributed by atoms with Crippen molar-refractivity contribution in [3.05, 3.63) is 29.6 Å². The van der Waals surface area contributed by atoms with Crippen LogP contribution < -0.4 is 15.2 Å². The van der Waals surface area contributed by atoms with E-state index < -0.39 is 21.9 Å². The van der Waals surface area contributed by atoms with Crippen molar-refractivity contribution in [3.63, 3.8) is 0 Å². The fraction of sp³-hybridized carbons (Fsp3) is 0.300. The Labute approximate surface area is 105 Å². The third-order valence-electron chi connectivity index (χ3n) is 1.92. The molecule has 0 spiro atoms. The molecule has 0 heterocycles. The summed E-state index contributed by atoms with van der Waals surface area (Å²) in [5, 5.41) is 7.25. The minimum atomic E-state index is -3.83. The van der Waals surface area contributed by atoms with Crippen LogP contribution >= 0.6 is 0 Å². The smallest absolute Gasteiger partial charge is 0.299 e. The van der Waals surface area contributed by atoms with Gasteiger partial charge in [-0.2, -0.15) is 13.1 Å². The van der Waals surface area contributed by atoms with E-state index in [2.05, 4.69) is 9.44 Å². The summed E-state index contributed by atoms with van der Waals surface area (Å²) in [6.45, 7) is 3.30. The molecular formula is C10H15FN4O2S.